The summed E-state index contributed by atoms with van der Waals surface area (Å²) < 4.78 is 46.7. The lowest BCUT2D eigenvalue weighted by molar-refractivity contribution is -0.144. The number of carbonyl (C=O) groups is 6. The summed E-state index contributed by atoms with van der Waals surface area (Å²) in [6.07, 6.45) is 5.46. The van der Waals surface area contributed by atoms with Gasteiger partial charge in [0.2, 0.25) is 17.7 Å². The number of esters is 3. The van der Waals surface area contributed by atoms with Crippen LogP contribution in [0.25, 0.3) is 0 Å². The molecule has 4 aliphatic rings. The number of hydrogen-bond donors (Lipinski definition) is 5. The molecule has 5 N–H and O–H groups in total. The predicted molar refractivity (Wildman–Crippen MR) is 286 cm³/mol. The van der Waals surface area contributed by atoms with Gasteiger partial charge >= 0.3 is 17.9 Å². The van der Waals surface area contributed by atoms with Crippen LogP contribution in [0.5, 0.6) is 0 Å². The van der Waals surface area contributed by atoms with Gasteiger partial charge in [-0.1, -0.05) is 67.3 Å². The second-order valence-corrected chi connectivity index (χ2v) is 15.9. The van der Waals surface area contributed by atoms with E-state index in [9.17, 15) is 28.8 Å². The van der Waals surface area contributed by atoms with Crippen LogP contribution in [0.4, 0.5) is 0 Å². The van der Waals surface area contributed by atoms with Crippen molar-refractivity contribution in [1.29, 1.82) is 0 Å². The molecule has 0 radical (unpaired) electrons. The monoisotopic (exact) mass is 1050 g/mol. The summed E-state index contributed by atoms with van der Waals surface area (Å²) in [6.45, 7) is 43.2. The molecule has 4 rings (SSSR count). The van der Waals surface area contributed by atoms with E-state index in [-0.39, 0.29) is 61.1 Å². The van der Waals surface area contributed by atoms with E-state index in [0.717, 1.165) is 58.9 Å². The zero-order valence-electron chi connectivity index (χ0n) is 46.5. The third-order valence-electron chi connectivity index (χ3n) is 8.15. The van der Waals surface area contributed by atoms with Crippen molar-refractivity contribution in [3.8, 4) is 0 Å². The number of amides is 3. The first-order chi connectivity index (χ1) is 33.5. The summed E-state index contributed by atoms with van der Waals surface area (Å²) in [5.41, 5.74) is 2.19. The van der Waals surface area contributed by atoms with Crippen LogP contribution in [0.15, 0.2) is 86.8 Å². The smallest absolute Gasteiger partial charge is 0.335 e. The Balaban J connectivity index is -0.000000107. The predicted octanol–water partition coefficient (Wildman–Crippen LogP) is 4.64. The minimum Gasteiger partial charge on any atom is -0.505 e. The Bertz CT molecular complexity index is 1450. The van der Waals surface area contributed by atoms with Crippen molar-refractivity contribution in [1.82, 2.24) is 16.0 Å². The molecule has 4 heterocycles. The van der Waals surface area contributed by atoms with Gasteiger partial charge in [0.15, 0.2) is 0 Å². The van der Waals surface area contributed by atoms with E-state index in [4.69, 9.17) is 38.6 Å². The van der Waals surface area contributed by atoms with Crippen LogP contribution >= 0.6 is 0 Å². The number of epoxide rings is 2. The molecule has 1 unspecified atom stereocenters. The fourth-order valence-electron chi connectivity index (χ4n) is 3.24. The summed E-state index contributed by atoms with van der Waals surface area (Å²) >= 11 is 0. The number of rotatable bonds is 14. The standard InChI is InChI=1S/C7H14O2.C6H12O2.C5H9NO2.C5H9NO.C5H8O3.C5H8O2.C4H7NO.C4H6O2.C4H8O.2C3H6O.CH4/c1-3-7(4-8-2)5-9-6-7;1-6(3-7-2)4-8-5-6;1-4(3-7)5(8)6-2;1-4(2)5(7)6-3;1-4(3-6)5(7)8-2;1-4(2)5(6)7-3;1-3-4(6)5-2;1-3-4(5)6-2;1-4(2)3-5-4;1-3-2-4-3;1-3-4-2;/h3-6H2,1-2H3;3-5H2,1-2H3;7H,1,3H2,2H3,(H,6,8);1H2,2-3H3,(H,6,7);6H,1,3H2,2H3;1H2,2-3H3;3H,1H2,2H3,(H,5,6);3H,1H2,2H3;3H2,1-2H3;3H,2H2,1H3;3H,1H2,2H3;1H4. The minimum absolute atomic E-state index is 0. The van der Waals surface area contributed by atoms with Gasteiger partial charge in [-0.2, -0.15) is 0 Å². The second kappa shape index (κ2) is 54.3. The van der Waals surface area contributed by atoms with Crippen LogP contribution in [0, 0.1) is 10.8 Å². The SMILES string of the molecule is C.C=C(C)C(=O)NC.C=C(C)C(=O)OC.C=C(CO)C(=O)NC.C=C(CO)C(=O)OC.C=CC(=O)NC.C=CC(=O)OC.C=COC.CC1(C)CO1.CC1CO1.CCC1(COC)COC1.COCC1(C)COC1. The Labute approximate surface area is 438 Å². The molecule has 0 aromatic heterocycles. The molecular formula is C52H97N3O18. The molecule has 0 bridgehead atoms. The third kappa shape index (κ3) is 62.5. The zero-order valence-corrected chi connectivity index (χ0v) is 46.5. The number of hydrogen-bond acceptors (Lipinski definition) is 18. The normalized spacial score (nSPS) is 14.5. The first-order valence-corrected chi connectivity index (χ1v) is 22.1. The van der Waals surface area contributed by atoms with Gasteiger partial charge in [0, 0.05) is 69.0 Å². The van der Waals surface area contributed by atoms with E-state index < -0.39 is 11.9 Å². The topological polar surface area (TPSA) is 278 Å². The molecule has 0 aromatic rings. The van der Waals surface area contributed by atoms with Crippen LogP contribution in [0.3, 0.4) is 0 Å². The number of likely N-dealkylation sites (N-methyl/N-ethyl adjacent to an activating group) is 3. The van der Waals surface area contributed by atoms with Crippen molar-refractivity contribution in [2.45, 2.75) is 74.0 Å². The van der Waals surface area contributed by atoms with Gasteiger partial charge in [0.1, 0.15) is 0 Å². The van der Waals surface area contributed by atoms with Crippen molar-refractivity contribution < 1.29 is 86.3 Å². The van der Waals surface area contributed by atoms with Gasteiger partial charge in [-0.05, 0) is 47.1 Å². The molecule has 428 valence electrons. The van der Waals surface area contributed by atoms with Crippen molar-refractivity contribution in [2.75, 3.05) is 130 Å². The molecule has 4 aliphatic heterocycles. The number of aliphatic hydroxyl groups is 2. The van der Waals surface area contributed by atoms with Gasteiger partial charge in [-0.15, -0.1) is 0 Å². The molecule has 0 spiro atoms. The fourth-order valence-corrected chi connectivity index (χ4v) is 3.24. The minimum atomic E-state index is -0.563. The number of ether oxygens (including phenoxy) is 10. The van der Waals surface area contributed by atoms with Crippen LogP contribution in [-0.4, -0.2) is 187 Å². The van der Waals surface area contributed by atoms with Gasteiger partial charge in [-0.3, -0.25) is 14.4 Å². The number of aliphatic hydroxyl groups excluding tert-OH is 2. The molecular weight excluding hydrogens is 955 g/mol. The molecule has 3 amide bonds. The molecule has 4 saturated heterocycles. The highest BCUT2D eigenvalue weighted by molar-refractivity contribution is 5.92. The Morgan fingerprint density at radius 2 is 1.05 bits per heavy atom. The highest BCUT2D eigenvalue weighted by Crippen LogP contribution is 2.31. The summed E-state index contributed by atoms with van der Waals surface area (Å²) in [7, 11) is 13.5. The highest BCUT2D eigenvalue weighted by Gasteiger charge is 2.36. The Morgan fingerprint density at radius 3 is 1.11 bits per heavy atom. The van der Waals surface area contributed by atoms with Gasteiger partial charge in [0.05, 0.1) is 118 Å². The fraction of sp³-hybridized carbons (Fsp3) is 0.615. The van der Waals surface area contributed by atoms with Gasteiger partial charge < -0.3 is 73.5 Å². The van der Waals surface area contributed by atoms with Crippen LogP contribution in [-0.2, 0) is 76.1 Å². The summed E-state index contributed by atoms with van der Waals surface area (Å²) in [5.74, 6) is -1.86. The third-order valence-corrected chi connectivity index (χ3v) is 8.15. The number of carbonyl (C=O) groups excluding carboxylic acids is 6. The maximum Gasteiger partial charge on any atom is 0.335 e. The maximum absolute atomic E-state index is 10.4. The molecule has 0 aromatic carbocycles. The zero-order chi connectivity index (χ0) is 57.9. The van der Waals surface area contributed by atoms with Crippen molar-refractivity contribution >= 4 is 35.6 Å². The first kappa shape index (κ1) is 84.3. The largest absolute Gasteiger partial charge is 0.505 e. The van der Waals surface area contributed by atoms with Crippen LogP contribution < -0.4 is 16.0 Å². The molecule has 0 saturated carbocycles. The molecule has 21 nitrogen and oxygen atoms in total. The summed E-state index contributed by atoms with van der Waals surface area (Å²) in [4.78, 5) is 60.9. The lowest BCUT2D eigenvalue weighted by Crippen LogP contribution is -2.45. The van der Waals surface area contributed by atoms with E-state index in [1.54, 1.807) is 49.3 Å². The van der Waals surface area contributed by atoms with E-state index in [2.05, 4.69) is 116 Å². The second-order valence-electron chi connectivity index (χ2n) is 15.9. The average Bonchev–Trinajstić information content (AvgIpc) is 4.31. The highest BCUT2D eigenvalue weighted by atomic mass is 16.6. The lowest BCUT2D eigenvalue weighted by Gasteiger charge is -2.39. The first-order valence-electron chi connectivity index (χ1n) is 22.1. The van der Waals surface area contributed by atoms with Gasteiger partial charge in [-0.25, -0.2) is 14.4 Å². The van der Waals surface area contributed by atoms with E-state index in [1.807, 2.05) is 0 Å². The van der Waals surface area contributed by atoms with Crippen molar-refractivity contribution in [2.24, 2.45) is 10.8 Å². The Kier molecular flexibility index (Phi) is 62.7. The summed E-state index contributed by atoms with van der Waals surface area (Å²) in [6, 6.07) is 0. The molecule has 1 atom stereocenters. The quantitative estimate of drug-likeness (QED) is 0.0521. The lowest BCUT2D eigenvalue weighted by atomic mass is 9.84. The average molecular weight is 1050 g/mol. The van der Waals surface area contributed by atoms with Crippen LogP contribution in [0.2, 0.25) is 0 Å². The van der Waals surface area contributed by atoms with Gasteiger partial charge in [0.25, 0.3) is 0 Å². The van der Waals surface area contributed by atoms with Crippen LogP contribution in [0.1, 0.15) is 62.3 Å². The Hall–Kier alpha value is -5.52. The Morgan fingerprint density at radius 1 is 0.658 bits per heavy atom. The van der Waals surface area contributed by atoms with Crippen molar-refractivity contribution in [3.63, 3.8) is 0 Å². The van der Waals surface area contributed by atoms with E-state index >= 15 is 0 Å². The summed E-state index contributed by atoms with van der Waals surface area (Å²) in [5, 5.41) is 23.6. The maximum atomic E-state index is 10.4. The van der Waals surface area contributed by atoms with Crippen molar-refractivity contribution in [3.05, 3.63) is 86.8 Å². The number of methoxy groups -OCH3 is 6. The molecule has 0 aliphatic carbocycles. The van der Waals surface area contributed by atoms with E-state index in [1.165, 1.54) is 47.1 Å². The molecule has 4 fully saturated rings. The molecule has 21 heteroatoms. The number of nitrogens with one attached hydrogen (secondary N) is 3. The van der Waals surface area contributed by atoms with E-state index in [0.29, 0.717) is 28.1 Å². The molecule has 73 heavy (non-hydrogen) atoms.